The molecule has 0 radical (unpaired) electrons. The summed E-state index contributed by atoms with van der Waals surface area (Å²) in [7, 11) is 0. The first-order valence-electron chi connectivity index (χ1n) is 8.90. The molecule has 2 aromatic carbocycles. The van der Waals surface area contributed by atoms with Crippen LogP contribution in [0.4, 0.5) is 8.78 Å². The van der Waals surface area contributed by atoms with Gasteiger partial charge in [-0.15, -0.1) is 0 Å². The van der Waals surface area contributed by atoms with Gasteiger partial charge in [-0.3, -0.25) is 9.80 Å². The molecule has 0 saturated carbocycles. The van der Waals surface area contributed by atoms with Crippen LogP contribution in [-0.4, -0.2) is 54.2 Å². The second-order valence-electron chi connectivity index (χ2n) is 6.50. The molecule has 3 rings (SSSR count). The number of aliphatic hydroxyl groups is 1. The number of rotatable bonds is 6. The molecule has 138 valence electrons. The van der Waals surface area contributed by atoms with Crippen molar-refractivity contribution in [2.75, 3.05) is 39.3 Å². The maximum absolute atomic E-state index is 13.4. The molecule has 0 spiro atoms. The van der Waals surface area contributed by atoms with Crippen molar-refractivity contribution in [2.24, 2.45) is 0 Å². The number of hydrogen-bond donors (Lipinski definition) is 1. The molecule has 1 aliphatic heterocycles. The molecular weight excluding hydrogens is 334 g/mol. The molecule has 1 heterocycles. The second kappa shape index (κ2) is 9.03. The molecule has 0 bridgehead atoms. The second-order valence-corrected chi connectivity index (χ2v) is 6.50. The van der Waals surface area contributed by atoms with Crippen molar-refractivity contribution in [1.29, 1.82) is 0 Å². The van der Waals surface area contributed by atoms with Gasteiger partial charge >= 0.3 is 0 Å². The van der Waals surface area contributed by atoms with Gasteiger partial charge in [0.15, 0.2) is 0 Å². The van der Waals surface area contributed by atoms with Gasteiger partial charge in [-0.05, 0) is 35.4 Å². The topological polar surface area (TPSA) is 26.7 Å². The van der Waals surface area contributed by atoms with Gasteiger partial charge < -0.3 is 5.11 Å². The molecule has 1 aliphatic rings. The lowest BCUT2D eigenvalue weighted by atomic mass is 9.96. The van der Waals surface area contributed by atoms with Gasteiger partial charge in [-0.25, -0.2) is 8.78 Å². The average Bonchev–Trinajstić information content (AvgIpc) is 2.66. The van der Waals surface area contributed by atoms with Gasteiger partial charge in [0.25, 0.3) is 0 Å². The maximum Gasteiger partial charge on any atom is 0.123 e. The average molecular weight is 358 g/mol. The quantitative estimate of drug-likeness (QED) is 0.804. The number of piperazine rings is 1. The summed E-state index contributed by atoms with van der Waals surface area (Å²) in [5.74, 6) is -0.515. The Hall–Kier alpha value is -2.08. The Morgan fingerprint density at radius 3 is 1.77 bits per heavy atom. The minimum Gasteiger partial charge on any atom is -0.392 e. The van der Waals surface area contributed by atoms with Crippen LogP contribution in [0.2, 0.25) is 0 Å². The molecule has 0 unspecified atom stereocenters. The summed E-state index contributed by atoms with van der Waals surface area (Å²) in [6.07, 6.45) is 3.74. The van der Waals surface area contributed by atoms with E-state index in [0.29, 0.717) is 0 Å². The van der Waals surface area contributed by atoms with Gasteiger partial charge in [0.2, 0.25) is 0 Å². The first-order chi connectivity index (χ1) is 12.7. The Kier molecular flexibility index (Phi) is 6.50. The van der Waals surface area contributed by atoms with Crippen LogP contribution in [0.3, 0.4) is 0 Å². The van der Waals surface area contributed by atoms with Crippen LogP contribution in [0, 0.1) is 11.6 Å². The molecule has 0 aliphatic carbocycles. The third-order valence-electron chi connectivity index (χ3n) is 4.78. The van der Waals surface area contributed by atoms with E-state index in [4.69, 9.17) is 5.11 Å². The fourth-order valence-electron chi connectivity index (χ4n) is 3.41. The van der Waals surface area contributed by atoms with Gasteiger partial charge in [0.05, 0.1) is 12.6 Å². The Labute approximate surface area is 153 Å². The molecule has 0 aromatic heterocycles. The van der Waals surface area contributed by atoms with E-state index >= 15 is 0 Å². The highest BCUT2D eigenvalue weighted by Gasteiger charge is 2.26. The van der Waals surface area contributed by atoms with Crippen LogP contribution in [0.1, 0.15) is 17.2 Å². The molecule has 0 atom stereocenters. The Morgan fingerprint density at radius 2 is 1.31 bits per heavy atom. The molecule has 2 aromatic rings. The fraction of sp³-hybridized carbons (Fsp3) is 0.333. The molecule has 1 saturated heterocycles. The lowest BCUT2D eigenvalue weighted by molar-refractivity contribution is 0.117. The van der Waals surface area contributed by atoms with E-state index < -0.39 is 0 Å². The predicted octanol–water partition coefficient (Wildman–Crippen LogP) is 3.22. The van der Waals surface area contributed by atoms with Crippen LogP contribution in [0.25, 0.3) is 0 Å². The monoisotopic (exact) mass is 358 g/mol. The Morgan fingerprint density at radius 1 is 0.808 bits per heavy atom. The van der Waals surface area contributed by atoms with Crippen molar-refractivity contribution in [3.63, 3.8) is 0 Å². The summed E-state index contributed by atoms with van der Waals surface area (Å²) in [6.45, 7) is 4.45. The van der Waals surface area contributed by atoms with Crippen molar-refractivity contribution in [2.45, 2.75) is 6.04 Å². The van der Waals surface area contributed by atoms with E-state index in [1.54, 1.807) is 30.3 Å². The third-order valence-corrected chi connectivity index (χ3v) is 4.78. The maximum atomic E-state index is 13.4. The lowest BCUT2D eigenvalue weighted by Gasteiger charge is -2.39. The first-order valence-corrected chi connectivity index (χ1v) is 8.90. The zero-order chi connectivity index (χ0) is 18.4. The fourth-order valence-corrected chi connectivity index (χ4v) is 3.41. The van der Waals surface area contributed by atoms with Crippen molar-refractivity contribution in [1.82, 2.24) is 9.80 Å². The molecule has 3 nitrogen and oxygen atoms in total. The van der Waals surface area contributed by atoms with Crippen molar-refractivity contribution >= 4 is 0 Å². The molecular formula is C21H24F2N2O. The zero-order valence-corrected chi connectivity index (χ0v) is 14.7. The van der Waals surface area contributed by atoms with Crippen LogP contribution in [-0.2, 0) is 0 Å². The van der Waals surface area contributed by atoms with Gasteiger partial charge in [-0.1, -0.05) is 36.4 Å². The summed E-state index contributed by atoms with van der Waals surface area (Å²) in [6, 6.07) is 13.1. The Balaban J connectivity index is 1.77. The van der Waals surface area contributed by atoms with Gasteiger partial charge in [-0.2, -0.15) is 0 Å². The van der Waals surface area contributed by atoms with E-state index in [9.17, 15) is 8.78 Å². The van der Waals surface area contributed by atoms with Crippen LogP contribution in [0.5, 0.6) is 0 Å². The van der Waals surface area contributed by atoms with E-state index in [1.165, 1.54) is 24.3 Å². The largest absolute Gasteiger partial charge is 0.392 e. The van der Waals surface area contributed by atoms with Crippen LogP contribution in [0.15, 0.2) is 60.7 Å². The molecule has 5 heteroatoms. The lowest BCUT2D eigenvalue weighted by Crippen LogP contribution is -2.47. The highest BCUT2D eigenvalue weighted by Crippen LogP contribution is 2.30. The SMILES string of the molecule is OC/C=C\CN1CCN(C(c2ccc(F)cc2)c2ccc(F)cc2)CC1. The van der Waals surface area contributed by atoms with Crippen molar-refractivity contribution < 1.29 is 13.9 Å². The summed E-state index contributed by atoms with van der Waals surface area (Å²) in [5, 5.41) is 8.83. The molecule has 1 N–H and O–H groups in total. The number of benzene rings is 2. The van der Waals surface area contributed by atoms with E-state index in [0.717, 1.165) is 43.9 Å². The minimum atomic E-state index is -0.257. The van der Waals surface area contributed by atoms with E-state index in [2.05, 4.69) is 9.80 Å². The highest BCUT2D eigenvalue weighted by atomic mass is 19.1. The van der Waals surface area contributed by atoms with Crippen molar-refractivity contribution in [3.8, 4) is 0 Å². The summed E-state index contributed by atoms with van der Waals surface area (Å²) < 4.78 is 26.7. The van der Waals surface area contributed by atoms with Gasteiger partial charge in [0, 0.05) is 32.7 Å². The van der Waals surface area contributed by atoms with E-state index in [-0.39, 0.29) is 24.3 Å². The molecule has 0 amide bonds. The minimum absolute atomic E-state index is 0.0219. The summed E-state index contributed by atoms with van der Waals surface area (Å²) >= 11 is 0. The number of aliphatic hydroxyl groups excluding tert-OH is 1. The number of nitrogens with zero attached hydrogens (tertiary/aromatic N) is 2. The standard InChI is InChI=1S/C21H24F2N2O/c22-19-7-3-17(4-8-19)21(18-5-9-20(23)10-6-18)25-14-12-24(13-15-25)11-1-2-16-26/h1-10,21,26H,11-16H2/b2-1-. The first kappa shape index (κ1) is 18.7. The smallest absolute Gasteiger partial charge is 0.123 e. The zero-order valence-electron chi connectivity index (χ0n) is 14.7. The molecule has 1 fully saturated rings. The summed E-state index contributed by atoms with van der Waals surface area (Å²) in [5.41, 5.74) is 2.01. The van der Waals surface area contributed by atoms with Crippen molar-refractivity contribution in [3.05, 3.63) is 83.4 Å². The van der Waals surface area contributed by atoms with Crippen LogP contribution >= 0.6 is 0 Å². The predicted molar refractivity (Wildman–Crippen MR) is 98.9 cm³/mol. The third kappa shape index (κ3) is 4.75. The van der Waals surface area contributed by atoms with Gasteiger partial charge in [0.1, 0.15) is 11.6 Å². The van der Waals surface area contributed by atoms with E-state index in [1.807, 2.05) is 6.08 Å². The Bertz CT molecular complexity index is 662. The normalized spacial score (nSPS) is 16.6. The summed E-state index contributed by atoms with van der Waals surface area (Å²) in [4.78, 5) is 4.68. The highest BCUT2D eigenvalue weighted by molar-refractivity contribution is 5.32. The number of hydrogen-bond acceptors (Lipinski definition) is 3. The number of halogens is 2. The molecule has 26 heavy (non-hydrogen) atoms. The van der Waals surface area contributed by atoms with Crippen LogP contribution < -0.4 is 0 Å².